The van der Waals surface area contributed by atoms with E-state index in [-0.39, 0.29) is 16.9 Å². The predicted molar refractivity (Wildman–Crippen MR) is 77.1 cm³/mol. The maximum absolute atomic E-state index is 11.0. The molecule has 0 radical (unpaired) electrons. The zero-order chi connectivity index (χ0) is 14.2. The Bertz CT molecular complexity index is 611. The first-order valence-electron chi connectivity index (χ1n) is 5.83. The number of nitrogen functional groups attached to an aromatic ring is 1. The van der Waals surface area contributed by atoms with Crippen LogP contribution < -0.4 is 5.73 Å². The summed E-state index contributed by atoms with van der Waals surface area (Å²) in [6, 6.07) is 7.05. The third-order valence-electron chi connectivity index (χ3n) is 2.77. The van der Waals surface area contributed by atoms with Crippen LogP contribution in [0.5, 0.6) is 0 Å². The number of aromatic nitrogens is 2. The van der Waals surface area contributed by atoms with Crippen LogP contribution in [0.25, 0.3) is 5.69 Å². The average molecular weight is 279 g/mol. The second-order valence-corrected chi connectivity index (χ2v) is 5.75. The van der Waals surface area contributed by atoms with Gasteiger partial charge in [-0.3, -0.25) is 0 Å². The van der Waals surface area contributed by atoms with Crippen LogP contribution in [0.15, 0.2) is 29.4 Å². The SMILES string of the molecule is CC(C)(C)c1nn(-c2ccc(Cl)cc2)c(N)c1N=O. The first-order chi connectivity index (χ1) is 8.84. The van der Waals surface area contributed by atoms with Crippen molar-refractivity contribution in [3.8, 4) is 5.69 Å². The van der Waals surface area contributed by atoms with E-state index in [9.17, 15) is 4.91 Å². The van der Waals surface area contributed by atoms with Crippen LogP contribution in [0.3, 0.4) is 0 Å². The Labute approximate surface area is 116 Å². The molecule has 100 valence electrons. The zero-order valence-corrected chi connectivity index (χ0v) is 11.8. The highest BCUT2D eigenvalue weighted by Gasteiger charge is 2.27. The number of nitroso groups, excluding NO2 is 1. The molecule has 0 saturated heterocycles. The molecule has 0 amide bonds. The largest absolute Gasteiger partial charge is 0.382 e. The number of anilines is 1. The van der Waals surface area contributed by atoms with Crippen LogP contribution >= 0.6 is 11.6 Å². The Morgan fingerprint density at radius 2 is 1.84 bits per heavy atom. The Balaban J connectivity index is 2.63. The lowest BCUT2D eigenvalue weighted by molar-refractivity contribution is 0.561. The fourth-order valence-electron chi connectivity index (χ4n) is 1.80. The highest BCUT2D eigenvalue weighted by atomic mass is 35.5. The van der Waals surface area contributed by atoms with E-state index in [0.717, 1.165) is 5.69 Å². The van der Waals surface area contributed by atoms with Crippen LogP contribution in [0.4, 0.5) is 11.5 Å². The molecule has 0 aliphatic carbocycles. The van der Waals surface area contributed by atoms with E-state index >= 15 is 0 Å². The molecule has 5 nitrogen and oxygen atoms in total. The van der Waals surface area contributed by atoms with Gasteiger partial charge in [-0.25, -0.2) is 4.68 Å². The van der Waals surface area contributed by atoms with Gasteiger partial charge in [0, 0.05) is 10.4 Å². The van der Waals surface area contributed by atoms with E-state index in [4.69, 9.17) is 17.3 Å². The summed E-state index contributed by atoms with van der Waals surface area (Å²) in [5.74, 6) is 0.238. The van der Waals surface area contributed by atoms with Gasteiger partial charge < -0.3 is 5.73 Å². The molecule has 0 unspecified atom stereocenters. The molecule has 2 aromatic rings. The molecule has 19 heavy (non-hydrogen) atoms. The molecule has 0 aliphatic rings. The minimum absolute atomic E-state index is 0.197. The lowest BCUT2D eigenvalue weighted by Gasteiger charge is -2.14. The van der Waals surface area contributed by atoms with E-state index in [2.05, 4.69) is 10.3 Å². The summed E-state index contributed by atoms with van der Waals surface area (Å²) >= 11 is 5.85. The van der Waals surface area contributed by atoms with Gasteiger partial charge in [0.25, 0.3) is 0 Å². The van der Waals surface area contributed by atoms with E-state index in [1.54, 1.807) is 24.3 Å². The van der Waals surface area contributed by atoms with Crippen molar-refractivity contribution in [2.45, 2.75) is 26.2 Å². The number of hydrogen-bond donors (Lipinski definition) is 1. The van der Waals surface area contributed by atoms with Gasteiger partial charge in [-0.2, -0.15) is 5.10 Å². The summed E-state index contributed by atoms with van der Waals surface area (Å²) in [4.78, 5) is 11.0. The van der Waals surface area contributed by atoms with Gasteiger partial charge in [-0.15, -0.1) is 4.91 Å². The number of hydrogen-bond acceptors (Lipinski definition) is 4. The van der Waals surface area contributed by atoms with E-state index in [1.165, 1.54) is 4.68 Å². The molecular formula is C13H15ClN4O. The number of nitrogens with zero attached hydrogens (tertiary/aromatic N) is 3. The zero-order valence-electron chi connectivity index (χ0n) is 11.0. The van der Waals surface area contributed by atoms with E-state index < -0.39 is 0 Å². The van der Waals surface area contributed by atoms with Crippen LogP contribution in [0, 0.1) is 4.91 Å². The molecule has 0 aliphatic heterocycles. The third kappa shape index (κ3) is 2.46. The fraction of sp³-hybridized carbons (Fsp3) is 0.308. The van der Waals surface area contributed by atoms with Gasteiger partial charge in [0.1, 0.15) is 0 Å². The standard InChI is InChI=1S/C13H15ClN4O/c1-13(2,3)11-10(17-19)12(15)18(16-11)9-6-4-8(14)5-7-9/h4-7H,15H2,1-3H3. The minimum Gasteiger partial charge on any atom is -0.382 e. The van der Waals surface area contributed by atoms with Crippen molar-refractivity contribution >= 4 is 23.1 Å². The maximum Gasteiger partial charge on any atom is 0.173 e. The Hall–Kier alpha value is -1.88. The van der Waals surface area contributed by atoms with E-state index in [0.29, 0.717) is 10.7 Å². The molecule has 0 saturated carbocycles. The lowest BCUT2D eigenvalue weighted by Crippen LogP contribution is -2.13. The number of halogens is 1. The lowest BCUT2D eigenvalue weighted by atomic mass is 9.91. The number of rotatable bonds is 2. The molecule has 2 rings (SSSR count). The molecular weight excluding hydrogens is 264 g/mol. The molecule has 0 fully saturated rings. The monoisotopic (exact) mass is 278 g/mol. The summed E-state index contributed by atoms with van der Waals surface area (Å²) in [6.07, 6.45) is 0. The Morgan fingerprint density at radius 3 is 2.26 bits per heavy atom. The predicted octanol–water partition coefficient (Wildman–Crippen LogP) is 3.80. The van der Waals surface area contributed by atoms with Crippen molar-refractivity contribution in [3.05, 3.63) is 39.9 Å². The maximum atomic E-state index is 11.0. The Morgan fingerprint density at radius 1 is 1.26 bits per heavy atom. The number of nitrogens with two attached hydrogens (primary N) is 1. The van der Waals surface area contributed by atoms with Gasteiger partial charge in [0.05, 0.1) is 11.4 Å². The van der Waals surface area contributed by atoms with Gasteiger partial charge in [-0.05, 0) is 29.4 Å². The van der Waals surface area contributed by atoms with Gasteiger partial charge in [0.15, 0.2) is 11.5 Å². The van der Waals surface area contributed by atoms with E-state index in [1.807, 2.05) is 20.8 Å². The van der Waals surface area contributed by atoms with Crippen LogP contribution in [0.1, 0.15) is 26.5 Å². The van der Waals surface area contributed by atoms with Crippen LogP contribution in [-0.4, -0.2) is 9.78 Å². The van der Waals surface area contributed by atoms with Gasteiger partial charge >= 0.3 is 0 Å². The van der Waals surface area contributed by atoms with Crippen molar-refractivity contribution in [2.24, 2.45) is 5.18 Å². The fourth-order valence-corrected chi connectivity index (χ4v) is 1.92. The van der Waals surface area contributed by atoms with Crippen LogP contribution in [0.2, 0.25) is 5.02 Å². The van der Waals surface area contributed by atoms with Crippen LogP contribution in [-0.2, 0) is 5.41 Å². The summed E-state index contributed by atoms with van der Waals surface area (Å²) < 4.78 is 1.51. The molecule has 1 heterocycles. The summed E-state index contributed by atoms with van der Waals surface area (Å²) in [5, 5.41) is 8.05. The molecule has 0 atom stereocenters. The smallest absolute Gasteiger partial charge is 0.173 e. The van der Waals surface area contributed by atoms with Gasteiger partial charge in [0.2, 0.25) is 0 Å². The second kappa shape index (κ2) is 4.66. The normalized spacial score (nSPS) is 11.6. The van der Waals surface area contributed by atoms with Crippen molar-refractivity contribution in [1.82, 2.24) is 9.78 Å². The molecule has 1 aromatic carbocycles. The number of benzene rings is 1. The second-order valence-electron chi connectivity index (χ2n) is 5.31. The highest BCUT2D eigenvalue weighted by Crippen LogP contribution is 2.36. The summed E-state index contributed by atoms with van der Waals surface area (Å²) in [6.45, 7) is 5.86. The minimum atomic E-state index is -0.310. The third-order valence-corrected chi connectivity index (χ3v) is 3.02. The van der Waals surface area contributed by atoms with Gasteiger partial charge in [-0.1, -0.05) is 32.4 Å². The average Bonchev–Trinajstić information content (AvgIpc) is 2.67. The van der Waals surface area contributed by atoms with Crippen molar-refractivity contribution in [1.29, 1.82) is 0 Å². The Kier molecular flexibility index (Phi) is 3.32. The molecule has 0 bridgehead atoms. The highest BCUT2D eigenvalue weighted by molar-refractivity contribution is 6.30. The quantitative estimate of drug-likeness (QED) is 0.849. The molecule has 2 N–H and O–H groups in total. The summed E-state index contributed by atoms with van der Waals surface area (Å²) in [5.41, 5.74) is 7.16. The summed E-state index contributed by atoms with van der Waals surface area (Å²) in [7, 11) is 0. The van der Waals surface area contributed by atoms with Crippen molar-refractivity contribution in [3.63, 3.8) is 0 Å². The van der Waals surface area contributed by atoms with Crippen molar-refractivity contribution < 1.29 is 0 Å². The van der Waals surface area contributed by atoms with Crippen molar-refractivity contribution in [2.75, 3.05) is 5.73 Å². The topological polar surface area (TPSA) is 73.3 Å². The molecule has 1 aromatic heterocycles. The first-order valence-corrected chi connectivity index (χ1v) is 6.20. The molecule has 6 heteroatoms. The first kappa shape index (κ1) is 13.5. The molecule has 0 spiro atoms.